The van der Waals surface area contributed by atoms with E-state index in [1.807, 2.05) is 0 Å². The zero-order valence-corrected chi connectivity index (χ0v) is 12.2. The van der Waals surface area contributed by atoms with Gasteiger partial charge in [0.25, 0.3) is 5.91 Å². The van der Waals surface area contributed by atoms with Crippen LogP contribution in [-0.2, 0) is 0 Å². The van der Waals surface area contributed by atoms with Crippen molar-refractivity contribution in [1.82, 2.24) is 14.7 Å². The minimum absolute atomic E-state index is 0.0159. The van der Waals surface area contributed by atoms with E-state index in [4.69, 9.17) is 5.73 Å². The Kier molecular flexibility index (Phi) is 3.58. The van der Waals surface area contributed by atoms with Gasteiger partial charge in [0, 0.05) is 19.1 Å². The fourth-order valence-electron chi connectivity index (χ4n) is 2.64. The molecule has 7 heteroatoms. The van der Waals surface area contributed by atoms with Gasteiger partial charge in [0.2, 0.25) is 0 Å². The van der Waals surface area contributed by atoms with Crippen molar-refractivity contribution < 1.29 is 14.3 Å². The van der Waals surface area contributed by atoms with Crippen LogP contribution < -0.4 is 5.73 Å². The number of halogens is 1. The Morgan fingerprint density at radius 3 is 2.91 bits per heavy atom. The number of carbonyl (C=O) groups is 1. The Morgan fingerprint density at radius 1 is 1.50 bits per heavy atom. The molecule has 0 saturated carbocycles. The highest BCUT2D eigenvalue weighted by Gasteiger charge is 2.28. The highest BCUT2D eigenvalue weighted by molar-refractivity contribution is 5.95. The summed E-state index contributed by atoms with van der Waals surface area (Å²) in [6, 6.07) is 4.20. The lowest BCUT2D eigenvalue weighted by Gasteiger charge is -2.14. The normalized spacial score (nSPS) is 18.0. The van der Waals surface area contributed by atoms with Crippen molar-refractivity contribution in [1.29, 1.82) is 0 Å². The van der Waals surface area contributed by atoms with E-state index < -0.39 is 0 Å². The second-order valence-corrected chi connectivity index (χ2v) is 5.54. The quantitative estimate of drug-likeness (QED) is 0.873. The summed E-state index contributed by atoms with van der Waals surface area (Å²) in [6.45, 7) is 2.75. The first-order valence-electron chi connectivity index (χ1n) is 7.05. The summed E-state index contributed by atoms with van der Waals surface area (Å²) in [7, 11) is 0. The number of aromatic nitrogens is 2. The molecule has 1 aliphatic rings. The minimum atomic E-state index is -0.347. The Balaban J connectivity index is 1.92. The summed E-state index contributed by atoms with van der Waals surface area (Å²) in [6.07, 6.45) is 2.09. The maximum atomic E-state index is 13.2. The Hall–Kier alpha value is -2.41. The third kappa shape index (κ3) is 2.55. The van der Waals surface area contributed by atoms with Crippen LogP contribution in [0.1, 0.15) is 22.5 Å². The molecule has 1 aliphatic heterocycles. The highest BCUT2D eigenvalue weighted by Crippen LogP contribution is 2.23. The maximum absolute atomic E-state index is 13.2. The standard InChI is InChI=1S/C15H17FN4O2/c1-9-6-10(16)2-3-12(9)20-8-13(21)14(18-20)15(22)19-5-4-11(17)7-19/h2-3,6,8,11,21H,4-5,7,17H2,1H3/t11-/m0/s1. The van der Waals surface area contributed by atoms with E-state index in [1.54, 1.807) is 17.9 Å². The number of aryl methyl sites for hydroxylation is 1. The number of aromatic hydroxyl groups is 1. The van der Waals surface area contributed by atoms with E-state index in [9.17, 15) is 14.3 Å². The molecule has 3 N–H and O–H groups in total. The molecule has 1 aromatic carbocycles. The lowest BCUT2D eigenvalue weighted by atomic mass is 10.2. The van der Waals surface area contributed by atoms with Gasteiger partial charge in [-0.1, -0.05) is 0 Å². The van der Waals surface area contributed by atoms with Gasteiger partial charge < -0.3 is 15.7 Å². The zero-order valence-electron chi connectivity index (χ0n) is 12.2. The molecule has 6 nitrogen and oxygen atoms in total. The second-order valence-electron chi connectivity index (χ2n) is 5.54. The van der Waals surface area contributed by atoms with Crippen LogP contribution in [0, 0.1) is 12.7 Å². The predicted molar refractivity (Wildman–Crippen MR) is 78.4 cm³/mol. The van der Waals surface area contributed by atoms with Crippen molar-refractivity contribution in [3.05, 3.63) is 41.5 Å². The van der Waals surface area contributed by atoms with Crippen LogP contribution in [0.2, 0.25) is 0 Å². The Labute approximate surface area is 127 Å². The molecule has 116 valence electrons. The van der Waals surface area contributed by atoms with E-state index in [1.165, 1.54) is 23.0 Å². The van der Waals surface area contributed by atoms with Crippen LogP contribution >= 0.6 is 0 Å². The van der Waals surface area contributed by atoms with E-state index in [0.29, 0.717) is 24.3 Å². The highest BCUT2D eigenvalue weighted by atomic mass is 19.1. The van der Waals surface area contributed by atoms with Crippen LogP contribution in [0.3, 0.4) is 0 Å². The summed E-state index contributed by atoms with van der Waals surface area (Å²) in [5, 5.41) is 14.2. The third-order valence-electron chi connectivity index (χ3n) is 3.82. The number of likely N-dealkylation sites (tertiary alicyclic amines) is 1. The van der Waals surface area contributed by atoms with Gasteiger partial charge in [-0.05, 0) is 37.1 Å². The van der Waals surface area contributed by atoms with E-state index in [-0.39, 0.29) is 29.2 Å². The molecule has 0 radical (unpaired) electrons. The number of amides is 1. The minimum Gasteiger partial charge on any atom is -0.504 e. The monoisotopic (exact) mass is 304 g/mol. The number of nitrogens with zero attached hydrogens (tertiary/aromatic N) is 3. The van der Waals surface area contributed by atoms with E-state index >= 15 is 0 Å². The molecule has 0 aliphatic carbocycles. The van der Waals surface area contributed by atoms with Crippen molar-refractivity contribution in [2.24, 2.45) is 5.73 Å². The van der Waals surface area contributed by atoms with Gasteiger partial charge in [-0.2, -0.15) is 5.10 Å². The second kappa shape index (κ2) is 5.42. The van der Waals surface area contributed by atoms with Crippen molar-refractivity contribution in [3.8, 4) is 11.4 Å². The van der Waals surface area contributed by atoms with Gasteiger partial charge in [0.05, 0.1) is 11.9 Å². The van der Waals surface area contributed by atoms with E-state index in [0.717, 1.165) is 6.42 Å². The molecule has 3 rings (SSSR count). The number of hydrogen-bond donors (Lipinski definition) is 2. The molecule has 0 unspecified atom stereocenters. The van der Waals surface area contributed by atoms with Crippen LogP contribution in [0.25, 0.3) is 5.69 Å². The maximum Gasteiger partial charge on any atom is 0.278 e. The lowest BCUT2D eigenvalue weighted by Crippen LogP contribution is -2.32. The summed E-state index contributed by atoms with van der Waals surface area (Å²) >= 11 is 0. The molecule has 1 aromatic heterocycles. The lowest BCUT2D eigenvalue weighted by molar-refractivity contribution is 0.0781. The van der Waals surface area contributed by atoms with Crippen molar-refractivity contribution in [2.75, 3.05) is 13.1 Å². The summed E-state index contributed by atoms with van der Waals surface area (Å²) in [4.78, 5) is 13.9. The predicted octanol–water partition coefficient (Wildman–Crippen LogP) is 1.20. The molecular formula is C15H17FN4O2. The smallest absolute Gasteiger partial charge is 0.278 e. The van der Waals surface area contributed by atoms with Crippen LogP contribution in [-0.4, -0.2) is 44.8 Å². The summed E-state index contributed by atoms with van der Waals surface area (Å²) in [5.74, 6) is -0.891. The first-order valence-corrected chi connectivity index (χ1v) is 7.05. The average molecular weight is 304 g/mol. The number of benzene rings is 1. The third-order valence-corrected chi connectivity index (χ3v) is 3.82. The SMILES string of the molecule is Cc1cc(F)ccc1-n1cc(O)c(C(=O)N2CC[C@H](N)C2)n1. The number of hydrogen-bond acceptors (Lipinski definition) is 4. The van der Waals surface area contributed by atoms with Gasteiger partial charge in [0.15, 0.2) is 11.4 Å². The summed E-state index contributed by atoms with van der Waals surface area (Å²) in [5.41, 5.74) is 7.04. The molecule has 1 amide bonds. The average Bonchev–Trinajstić information content (AvgIpc) is 3.04. The fraction of sp³-hybridized carbons (Fsp3) is 0.333. The van der Waals surface area contributed by atoms with Gasteiger partial charge >= 0.3 is 0 Å². The number of carbonyl (C=O) groups excluding carboxylic acids is 1. The zero-order chi connectivity index (χ0) is 15.9. The molecule has 0 spiro atoms. The van der Waals surface area contributed by atoms with Gasteiger partial charge in [-0.25, -0.2) is 9.07 Å². The van der Waals surface area contributed by atoms with Crippen LogP contribution in [0.5, 0.6) is 5.75 Å². The van der Waals surface area contributed by atoms with Gasteiger partial charge in [-0.15, -0.1) is 0 Å². The van der Waals surface area contributed by atoms with Crippen LogP contribution in [0.4, 0.5) is 4.39 Å². The molecule has 2 heterocycles. The van der Waals surface area contributed by atoms with Crippen molar-refractivity contribution >= 4 is 5.91 Å². The van der Waals surface area contributed by atoms with Gasteiger partial charge in [-0.3, -0.25) is 4.79 Å². The van der Waals surface area contributed by atoms with Gasteiger partial charge in [0.1, 0.15) is 5.82 Å². The number of rotatable bonds is 2. The Morgan fingerprint density at radius 2 is 2.27 bits per heavy atom. The molecule has 22 heavy (non-hydrogen) atoms. The van der Waals surface area contributed by atoms with Crippen molar-refractivity contribution in [3.63, 3.8) is 0 Å². The summed E-state index contributed by atoms with van der Waals surface area (Å²) < 4.78 is 14.5. The first kappa shape index (κ1) is 14.5. The largest absolute Gasteiger partial charge is 0.504 e. The molecule has 1 saturated heterocycles. The fourth-order valence-corrected chi connectivity index (χ4v) is 2.64. The molecule has 1 fully saturated rings. The van der Waals surface area contributed by atoms with Crippen molar-refractivity contribution in [2.45, 2.75) is 19.4 Å². The Bertz CT molecular complexity index is 728. The molecular weight excluding hydrogens is 287 g/mol. The molecule has 2 aromatic rings. The first-order chi connectivity index (χ1) is 10.5. The van der Waals surface area contributed by atoms with Crippen LogP contribution in [0.15, 0.2) is 24.4 Å². The molecule has 0 bridgehead atoms. The molecule has 1 atom stereocenters. The topological polar surface area (TPSA) is 84.4 Å². The van der Waals surface area contributed by atoms with E-state index in [2.05, 4.69) is 5.10 Å². The number of nitrogens with two attached hydrogens (primary N) is 1.